The molecule has 60 valence electrons. The molecule has 0 spiro atoms. The van der Waals surface area contributed by atoms with Crippen LogP contribution in [0.4, 0.5) is 0 Å². The first-order valence-corrected chi connectivity index (χ1v) is 5.08. The lowest BCUT2D eigenvalue weighted by molar-refractivity contribution is 1.22. The second-order valence-electron chi connectivity index (χ2n) is 2.65. The van der Waals surface area contributed by atoms with Crippen LogP contribution in [0, 0.1) is 17.4 Å². The van der Waals surface area contributed by atoms with Crippen molar-refractivity contribution < 1.29 is 0 Å². The van der Waals surface area contributed by atoms with Crippen LogP contribution in [0.25, 0.3) is 0 Å². The third-order valence-electron chi connectivity index (χ3n) is 1.79. The highest BCUT2D eigenvalue weighted by molar-refractivity contribution is 14.1. The van der Waals surface area contributed by atoms with Crippen molar-refractivity contribution in [3.8, 4) is 0 Å². The molecule has 0 fully saturated rings. The molecule has 0 aliphatic heterocycles. The van der Waals surface area contributed by atoms with E-state index in [9.17, 15) is 0 Å². The minimum Gasteiger partial charge on any atom is -0.122 e. The quantitative estimate of drug-likeness (QED) is 0.544. The summed E-state index contributed by atoms with van der Waals surface area (Å²) in [6, 6.07) is 4.32. The van der Waals surface area contributed by atoms with Crippen molar-refractivity contribution in [2.75, 3.05) is 0 Å². The van der Waals surface area contributed by atoms with Crippen LogP contribution in [0.3, 0.4) is 0 Å². The molecule has 1 aromatic rings. The zero-order valence-corrected chi connectivity index (χ0v) is 9.53. The van der Waals surface area contributed by atoms with E-state index in [2.05, 4.69) is 48.6 Å². The van der Waals surface area contributed by atoms with Gasteiger partial charge >= 0.3 is 0 Å². The first kappa shape index (κ1) is 9.33. The van der Waals surface area contributed by atoms with E-state index in [0.29, 0.717) is 5.88 Å². The Kier molecular flexibility index (Phi) is 3.19. The van der Waals surface area contributed by atoms with Gasteiger partial charge in [0.05, 0.1) is 0 Å². The molecule has 0 aliphatic rings. The molecule has 0 N–H and O–H groups in total. The van der Waals surface area contributed by atoms with Gasteiger partial charge in [-0.05, 0) is 65.3 Å². The summed E-state index contributed by atoms with van der Waals surface area (Å²) in [6.07, 6.45) is 0. The number of benzene rings is 1. The van der Waals surface area contributed by atoms with Crippen LogP contribution in [-0.2, 0) is 5.88 Å². The maximum Gasteiger partial charge on any atom is 0.0479 e. The predicted molar refractivity (Wildman–Crippen MR) is 58.2 cm³/mol. The van der Waals surface area contributed by atoms with Gasteiger partial charge in [0.15, 0.2) is 0 Å². The lowest BCUT2D eigenvalue weighted by atomic mass is 10.1. The molecule has 0 heterocycles. The lowest BCUT2D eigenvalue weighted by Gasteiger charge is -2.06. The highest BCUT2D eigenvalue weighted by Gasteiger charge is 2.01. The zero-order chi connectivity index (χ0) is 8.43. The highest BCUT2D eigenvalue weighted by atomic mass is 127. The molecule has 0 amide bonds. The molecule has 1 aromatic carbocycles. The number of aryl methyl sites for hydroxylation is 2. The third kappa shape index (κ3) is 2.09. The van der Waals surface area contributed by atoms with Crippen molar-refractivity contribution in [2.24, 2.45) is 0 Å². The van der Waals surface area contributed by atoms with E-state index in [1.165, 1.54) is 20.3 Å². The van der Waals surface area contributed by atoms with Crippen molar-refractivity contribution in [3.05, 3.63) is 32.4 Å². The minimum atomic E-state index is 0.620. The van der Waals surface area contributed by atoms with E-state index in [1.54, 1.807) is 0 Å². The molecule has 0 saturated heterocycles. The summed E-state index contributed by atoms with van der Waals surface area (Å²) < 4.78 is 1.28. The molecule has 2 heteroatoms. The van der Waals surface area contributed by atoms with Gasteiger partial charge in [-0.25, -0.2) is 0 Å². The first-order chi connectivity index (χ1) is 5.15. The fraction of sp³-hybridized carbons (Fsp3) is 0.333. The fourth-order valence-electron chi connectivity index (χ4n) is 1.15. The summed E-state index contributed by atoms with van der Waals surface area (Å²) in [6.45, 7) is 4.21. The number of rotatable bonds is 1. The fourth-order valence-corrected chi connectivity index (χ4v) is 2.51. The Morgan fingerprint density at radius 2 is 1.73 bits per heavy atom. The van der Waals surface area contributed by atoms with Gasteiger partial charge in [-0.2, -0.15) is 0 Å². The van der Waals surface area contributed by atoms with Crippen LogP contribution < -0.4 is 0 Å². The van der Waals surface area contributed by atoms with Gasteiger partial charge in [0.25, 0.3) is 0 Å². The Morgan fingerprint density at radius 3 is 2.09 bits per heavy atom. The lowest BCUT2D eigenvalue weighted by Crippen LogP contribution is -1.90. The van der Waals surface area contributed by atoms with Gasteiger partial charge in [-0.1, -0.05) is 0 Å². The molecule has 1 rings (SSSR count). The first-order valence-electron chi connectivity index (χ1n) is 3.46. The van der Waals surface area contributed by atoms with Crippen LogP contribution in [-0.4, -0.2) is 0 Å². The largest absolute Gasteiger partial charge is 0.122 e. The van der Waals surface area contributed by atoms with E-state index >= 15 is 0 Å². The Hall–Kier alpha value is 0.240. The SMILES string of the molecule is Cc1cc(I)cc(C)c1CCl. The zero-order valence-electron chi connectivity index (χ0n) is 6.62. The van der Waals surface area contributed by atoms with Crippen molar-refractivity contribution in [3.63, 3.8) is 0 Å². The summed E-state index contributed by atoms with van der Waals surface area (Å²) in [5.74, 6) is 0.620. The standard InChI is InChI=1S/C9H10ClI/c1-6-3-8(11)4-7(2)9(6)5-10/h3-4H,5H2,1-2H3. The number of hydrogen-bond acceptors (Lipinski definition) is 0. The smallest absolute Gasteiger partial charge is 0.0479 e. The summed E-state index contributed by atoms with van der Waals surface area (Å²) in [4.78, 5) is 0. The van der Waals surface area contributed by atoms with Gasteiger partial charge < -0.3 is 0 Å². The van der Waals surface area contributed by atoms with Crippen molar-refractivity contribution in [2.45, 2.75) is 19.7 Å². The van der Waals surface area contributed by atoms with Crippen molar-refractivity contribution >= 4 is 34.2 Å². The molecule has 0 unspecified atom stereocenters. The summed E-state index contributed by atoms with van der Waals surface area (Å²) >= 11 is 8.11. The van der Waals surface area contributed by atoms with Crippen LogP contribution in [0.15, 0.2) is 12.1 Å². The average molecular weight is 281 g/mol. The second kappa shape index (κ2) is 3.76. The molecule has 0 bridgehead atoms. The summed E-state index contributed by atoms with van der Waals surface area (Å²) in [7, 11) is 0. The van der Waals surface area contributed by atoms with Gasteiger partial charge in [0.1, 0.15) is 0 Å². The summed E-state index contributed by atoms with van der Waals surface area (Å²) in [5.41, 5.74) is 3.86. The van der Waals surface area contributed by atoms with Gasteiger partial charge in [-0.15, -0.1) is 11.6 Å². The molecule has 0 aromatic heterocycles. The van der Waals surface area contributed by atoms with E-state index < -0.39 is 0 Å². The Balaban J connectivity index is 3.25. The Bertz CT molecular complexity index is 245. The minimum absolute atomic E-state index is 0.620. The van der Waals surface area contributed by atoms with Crippen LogP contribution in [0.5, 0.6) is 0 Å². The van der Waals surface area contributed by atoms with Crippen molar-refractivity contribution in [1.82, 2.24) is 0 Å². The van der Waals surface area contributed by atoms with Gasteiger partial charge in [0, 0.05) is 9.45 Å². The number of hydrogen-bond donors (Lipinski definition) is 0. The molecule has 0 saturated carbocycles. The van der Waals surface area contributed by atoms with Gasteiger partial charge in [-0.3, -0.25) is 0 Å². The van der Waals surface area contributed by atoms with E-state index in [4.69, 9.17) is 11.6 Å². The van der Waals surface area contributed by atoms with E-state index in [-0.39, 0.29) is 0 Å². The molecule has 0 aliphatic carbocycles. The monoisotopic (exact) mass is 280 g/mol. The predicted octanol–water partition coefficient (Wildman–Crippen LogP) is 3.65. The van der Waals surface area contributed by atoms with Crippen LogP contribution in [0.1, 0.15) is 16.7 Å². The maximum absolute atomic E-state index is 5.79. The Labute approximate surface area is 86.1 Å². The summed E-state index contributed by atoms with van der Waals surface area (Å²) in [5, 5.41) is 0. The number of halogens is 2. The normalized spacial score (nSPS) is 10.2. The highest BCUT2D eigenvalue weighted by Crippen LogP contribution is 2.19. The topological polar surface area (TPSA) is 0 Å². The molecule has 0 radical (unpaired) electrons. The molecule has 11 heavy (non-hydrogen) atoms. The Morgan fingerprint density at radius 1 is 1.27 bits per heavy atom. The van der Waals surface area contributed by atoms with E-state index in [1.807, 2.05) is 0 Å². The third-order valence-corrected chi connectivity index (χ3v) is 2.68. The second-order valence-corrected chi connectivity index (χ2v) is 4.16. The molecule has 0 atom stereocenters. The van der Waals surface area contributed by atoms with Crippen LogP contribution in [0.2, 0.25) is 0 Å². The van der Waals surface area contributed by atoms with Crippen molar-refractivity contribution in [1.29, 1.82) is 0 Å². The molecular formula is C9H10ClI. The molecule has 0 nitrogen and oxygen atoms in total. The maximum atomic E-state index is 5.79. The molecular weight excluding hydrogens is 270 g/mol. The average Bonchev–Trinajstić information content (AvgIpc) is 1.85. The van der Waals surface area contributed by atoms with Crippen LogP contribution >= 0.6 is 34.2 Å². The van der Waals surface area contributed by atoms with E-state index in [0.717, 1.165) is 0 Å². The number of alkyl halides is 1. The van der Waals surface area contributed by atoms with Gasteiger partial charge in [0.2, 0.25) is 0 Å².